The SMILES string of the molecule is Clc1c(C2CCCCC2)nc2n1CCCN2. The summed E-state index contributed by atoms with van der Waals surface area (Å²) in [6.45, 7) is 2.04. The average Bonchev–Trinajstić information content (AvgIpc) is 2.69. The smallest absolute Gasteiger partial charge is 0.204 e. The Kier molecular flexibility index (Phi) is 2.80. The van der Waals surface area contributed by atoms with Crippen LogP contribution in [0.15, 0.2) is 0 Å². The van der Waals surface area contributed by atoms with Gasteiger partial charge in [0.1, 0.15) is 5.15 Å². The van der Waals surface area contributed by atoms with Gasteiger partial charge in [-0.3, -0.25) is 0 Å². The normalized spacial score (nSPS) is 21.6. The largest absolute Gasteiger partial charge is 0.356 e. The van der Waals surface area contributed by atoms with Crippen LogP contribution in [0.1, 0.15) is 50.1 Å². The van der Waals surface area contributed by atoms with Gasteiger partial charge in [-0.05, 0) is 19.3 Å². The minimum Gasteiger partial charge on any atom is -0.356 e. The highest BCUT2D eigenvalue weighted by molar-refractivity contribution is 6.30. The van der Waals surface area contributed by atoms with Crippen molar-refractivity contribution in [3.8, 4) is 0 Å². The number of imidazole rings is 1. The van der Waals surface area contributed by atoms with E-state index in [0.29, 0.717) is 5.92 Å². The van der Waals surface area contributed by atoms with Gasteiger partial charge in [0.15, 0.2) is 0 Å². The summed E-state index contributed by atoms with van der Waals surface area (Å²) < 4.78 is 2.13. The summed E-state index contributed by atoms with van der Waals surface area (Å²) in [7, 11) is 0. The number of rotatable bonds is 1. The van der Waals surface area contributed by atoms with Crippen LogP contribution in [0, 0.1) is 0 Å². The van der Waals surface area contributed by atoms with Gasteiger partial charge in [-0.2, -0.15) is 0 Å². The molecule has 0 amide bonds. The summed E-state index contributed by atoms with van der Waals surface area (Å²) in [5, 5.41) is 4.21. The van der Waals surface area contributed by atoms with E-state index in [9.17, 15) is 0 Å². The summed E-state index contributed by atoms with van der Waals surface area (Å²) in [6, 6.07) is 0. The zero-order valence-corrected chi connectivity index (χ0v) is 10.3. The maximum Gasteiger partial charge on any atom is 0.204 e. The molecule has 0 aromatic carbocycles. The Bertz CT molecular complexity index is 380. The Hall–Kier alpha value is -0.700. The number of fused-ring (bicyclic) bond motifs is 1. The molecule has 0 atom stereocenters. The van der Waals surface area contributed by atoms with E-state index in [1.807, 2.05) is 0 Å². The number of hydrogen-bond donors (Lipinski definition) is 1. The van der Waals surface area contributed by atoms with E-state index < -0.39 is 0 Å². The number of anilines is 1. The third-order valence-electron chi connectivity index (χ3n) is 3.76. The number of nitrogens with one attached hydrogen (secondary N) is 1. The molecular formula is C12H18ClN3. The molecule has 1 aromatic heterocycles. The van der Waals surface area contributed by atoms with Gasteiger partial charge in [-0.1, -0.05) is 30.9 Å². The van der Waals surface area contributed by atoms with Crippen molar-refractivity contribution in [3.63, 3.8) is 0 Å². The van der Waals surface area contributed by atoms with Crippen LogP contribution in [0.25, 0.3) is 0 Å². The van der Waals surface area contributed by atoms with Crippen LogP contribution >= 0.6 is 11.6 Å². The quantitative estimate of drug-likeness (QED) is 0.814. The number of nitrogens with zero attached hydrogens (tertiary/aromatic N) is 2. The van der Waals surface area contributed by atoms with Gasteiger partial charge in [-0.25, -0.2) is 4.98 Å². The molecule has 16 heavy (non-hydrogen) atoms. The molecule has 0 unspecified atom stereocenters. The molecule has 2 aliphatic rings. The molecule has 2 heterocycles. The van der Waals surface area contributed by atoms with Gasteiger partial charge in [0.2, 0.25) is 5.95 Å². The standard InChI is InChI=1S/C12H18ClN3/c13-11-10(9-5-2-1-3-6-9)15-12-14-7-4-8-16(11)12/h9H,1-8H2,(H,14,15). The predicted molar refractivity (Wildman–Crippen MR) is 66.2 cm³/mol. The molecule has 1 N–H and O–H groups in total. The van der Waals surface area contributed by atoms with E-state index in [2.05, 4.69) is 9.88 Å². The van der Waals surface area contributed by atoms with Crippen molar-refractivity contribution in [2.24, 2.45) is 0 Å². The van der Waals surface area contributed by atoms with Crippen LogP contribution in [0.4, 0.5) is 5.95 Å². The molecule has 88 valence electrons. The molecule has 1 aliphatic heterocycles. The monoisotopic (exact) mass is 239 g/mol. The zero-order chi connectivity index (χ0) is 11.0. The molecule has 1 saturated carbocycles. The lowest BCUT2D eigenvalue weighted by Gasteiger charge is -2.20. The summed E-state index contributed by atoms with van der Waals surface area (Å²) in [6.07, 6.45) is 7.70. The lowest BCUT2D eigenvalue weighted by atomic mass is 9.87. The van der Waals surface area contributed by atoms with Gasteiger partial charge in [0.05, 0.1) is 5.69 Å². The van der Waals surface area contributed by atoms with Crippen molar-refractivity contribution < 1.29 is 0 Å². The zero-order valence-electron chi connectivity index (χ0n) is 9.51. The Balaban J connectivity index is 1.91. The van der Waals surface area contributed by atoms with E-state index in [1.165, 1.54) is 32.1 Å². The van der Waals surface area contributed by atoms with Crippen molar-refractivity contribution in [1.82, 2.24) is 9.55 Å². The molecule has 1 aromatic rings. The van der Waals surface area contributed by atoms with Crippen molar-refractivity contribution in [1.29, 1.82) is 0 Å². The topological polar surface area (TPSA) is 29.9 Å². The van der Waals surface area contributed by atoms with Gasteiger partial charge in [0.25, 0.3) is 0 Å². The van der Waals surface area contributed by atoms with Crippen molar-refractivity contribution >= 4 is 17.5 Å². The third kappa shape index (κ3) is 1.71. The highest BCUT2D eigenvalue weighted by Crippen LogP contribution is 2.37. The van der Waals surface area contributed by atoms with Crippen LogP contribution in [0.2, 0.25) is 5.15 Å². The second-order valence-electron chi connectivity index (χ2n) is 4.88. The summed E-state index contributed by atoms with van der Waals surface area (Å²) >= 11 is 6.44. The van der Waals surface area contributed by atoms with Crippen molar-refractivity contribution in [2.45, 2.75) is 51.0 Å². The van der Waals surface area contributed by atoms with Crippen molar-refractivity contribution in [3.05, 3.63) is 10.8 Å². The number of hydrogen-bond acceptors (Lipinski definition) is 2. The fourth-order valence-electron chi connectivity index (χ4n) is 2.86. The maximum absolute atomic E-state index is 6.44. The average molecular weight is 240 g/mol. The Morgan fingerprint density at radius 2 is 2.00 bits per heavy atom. The second kappa shape index (κ2) is 4.28. The molecule has 0 saturated heterocycles. The highest BCUT2D eigenvalue weighted by Gasteiger charge is 2.25. The first-order chi connectivity index (χ1) is 7.86. The lowest BCUT2D eigenvalue weighted by Crippen LogP contribution is -2.17. The molecule has 1 aliphatic carbocycles. The van der Waals surface area contributed by atoms with E-state index in [1.54, 1.807) is 0 Å². The molecular weight excluding hydrogens is 222 g/mol. The van der Waals surface area contributed by atoms with Gasteiger partial charge < -0.3 is 9.88 Å². The molecule has 4 heteroatoms. The fraction of sp³-hybridized carbons (Fsp3) is 0.750. The Labute approximate surface area is 101 Å². The van der Waals surface area contributed by atoms with Gasteiger partial charge in [0, 0.05) is 19.0 Å². The van der Waals surface area contributed by atoms with Crippen LogP contribution in [0.5, 0.6) is 0 Å². The van der Waals surface area contributed by atoms with Crippen LogP contribution in [-0.4, -0.2) is 16.1 Å². The summed E-state index contributed by atoms with van der Waals surface area (Å²) in [4.78, 5) is 4.69. The van der Waals surface area contributed by atoms with E-state index in [-0.39, 0.29) is 0 Å². The minimum atomic E-state index is 0.598. The number of aromatic nitrogens is 2. The molecule has 0 spiro atoms. The van der Waals surface area contributed by atoms with Crippen LogP contribution in [0.3, 0.4) is 0 Å². The molecule has 0 radical (unpaired) electrons. The van der Waals surface area contributed by atoms with E-state index in [4.69, 9.17) is 16.6 Å². The Morgan fingerprint density at radius 3 is 2.75 bits per heavy atom. The first-order valence-electron chi connectivity index (χ1n) is 6.36. The molecule has 3 nitrogen and oxygen atoms in total. The first kappa shape index (κ1) is 10.5. The van der Waals surface area contributed by atoms with Gasteiger partial charge in [-0.15, -0.1) is 0 Å². The van der Waals surface area contributed by atoms with E-state index >= 15 is 0 Å². The molecule has 0 bridgehead atoms. The number of halogens is 1. The van der Waals surface area contributed by atoms with Crippen LogP contribution in [-0.2, 0) is 6.54 Å². The Morgan fingerprint density at radius 1 is 1.19 bits per heavy atom. The summed E-state index contributed by atoms with van der Waals surface area (Å²) in [5.41, 5.74) is 1.14. The summed E-state index contributed by atoms with van der Waals surface area (Å²) in [5.74, 6) is 1.58. The van der Waals surface area contributed by atoms with Gasteiger partial charge >= 0.3 is 0 Å². The molecule has 1 fully saturated rings. The second-order valence-corrected chi connectivity index (χ2v) is 5.24. The fourth-order valence-corrected chi connectivity index (χ4v) is 3.23. The van der Waals surface area contributed by atoms with Crippen molar-refractivity contribution in [2.75, 3.05) is 11.9 Å². The highest BCUT2D eigenvalue weighted by atomic mass is 35.5. The first-order valence-corrected chi connectivity index (χ1v) is 6.74. The third-order valence-corrected chi connectivity index (χ3v) is 4.16. The van der Waals surface area contributed by atoms with Crippen LogP contribution < -0.4 is 5.32 Å². The minimum absolute atomic E-state index is 0.598. The molecule has 3 rings (SSSR count). The lowest BCUT2D eigenvalue weighted by molar-refractivity contribution is 0.437. The van der Waals surface area contributed by atoms with E-state index in [0.717, 1.165) is 36.3 Å². The maximum atomic E-state index is 6.44. The predicted octanol–water partition coefficient (Wildman–Crippen LogP) is 3.40.